The van der Waals surface area contributed by atoms with Crippen LogP contribution in [0.2, 0.25) is 0 Å². The van der Waals surface area contributed by atoms with Crippen molar-refractivity contribution in [1.82, 2.24) is 0 Å². The molecule has 1 atom stereocenters. The minimum absolute atomic E-state index is 0.152. The molecule has 0 saturated carbocycles. The first-order valence-electron chi connectivity index (χ1n) is 6.61. The molecule has 0 fully saturated rings. The topological polar surface area (TPSA) is 34.1 Å². The zero-order valence-corrected chi connectivity index (χ0v) is 13.7. The van der Waals surface area contributed by atoms with Crippen LogP contribution in [0.4, 0.5) is 0 Å². The summed E-state index contributed by atoms with van der Waals surface area (Å²) in [6.07, 6.45) is 1.50. The van der Waals surface area contributed by atoms with E-state index in [1.165, 1.54) is 25.0 Å². The molecule has 4 heteroatoms. The Morgan fingerprint density at radius 3 is 2.21 bits per heavy atom. The average Bonchev–Trinajstić information content (AvgIpc) is 2.28. The van der Waals surface area contributed by atoms with Crippen molar-refractivity contribution < 1.29 is 8.42 Å². The van der Waals surface area contributed by atoms with E-state index in [4.69, 9.17) is 11.6 Å². The standard InChI is InChI=1S/C15H23ClO2S/c1-12-7-9-14(10-8-12)13(2)6-5-11-19(17,18)15(3,4)16/h7-10,13H,5-6,11H2,1-4H3/t13-/m0/s1. The molecule has 108 valence electrons. The first kappa shape index (κ1) is 16.5. The molecule has 0 unspecified atom stereocenters. The maximum absolute atomic E-state index is 11.9. The van der Waals surface area contributed by atoms with Crippen LogP contribution in [0.5, 0.6) is 0 Å². The van der Waals surface area contributed by atoms with Crippen molar-refractivity contribution in [2.24, 2.45) is 0 Å². The van der Waals surface area contributed by atoms with Gasteiger partial charge in [0.05, 0.1) is 5.75 Å². The van der Waals surface area contributed by atoms with Gasteiger partial charge in [-0.1, -0.05) is 36.8 Å². The normalized spacial score (nSPS) is 14.4. The van der Waals surface area contributed by atoms with E-state index in [0.717, 1.165) is 6.42 Å². The van der Waals surface area contributed by atoms with E-state index < -0.39 is 14.0 Å². The molecular weight excluding hydrogens is 280 g/mol. The van der Waals surface area contributed by atoms with Crippen molar-refractivity contribution in [3.63, 3.8) is 0 Å². The Morgan fingerprint density at radius 1 is 1.21 bits per heavy atom. The minimum Gasteiger partial charge on any atom is -0.227 e. The number of hydrogen-bond acceptors (Lipinski definition) is 2. The second-order valence-corrected chi connectivity index (χ2v) is 9.46. The lowest BCUT2D eigenvalue weighted by atomic mass is 9.96. The van der Waals surface area contributed by atoms with Crippen LogP contribution >= 0.6 is 11.6 Å². The molecule has 0 spiro atoms. The summed E-state index contributed by atoms with van der Waals surface area (Å²) >= 11 is 5.89. The SMILES string of the molecule is Cc1ccc([C@@H](C)CCCS(=O)(=O)C(C)(C)Cl)cc1. The molecule has 19 heavy (non-hydrogen) atoms. The largest absolute Gasteiger partial charge is 0.227 e. The van der Waals surface area contributed by atoms with Crippen LogP contribution in [0.3, 0.4) is 0 Å². The van der Waals surface area contributed by atoms with Gasteiger partial charge in [0.15, 0.2) is 9.84 Å². The van der Waals surface area contributed by atoms with E-state index in [1.54, 1.807) is 0 Å². The molecule has 0 amide bonds. The van der Waals surface area contributed by atoms with Crippen molar-refractivity contribution in [1.29, 1.82) is 0 Å². The van der Waals surface area contributed by atoms with Gasteiger partial charge in [0.25, 0.3) is 0 Å². The number of sulfone groups is 1. The van der Waals surface area contributed by atoms with E-state index in [-0.39, 0.29) is 5.75 Å². The zero-order chi connectivity index (χ0) is 14.7. The van der Waals surface area contributed by atoms with Crippen molar-refractivity contribution in [3.05, 3.63) is 35.4 Å². The highest BCUT2D eigenvalue weighted by molar-refractivity contribution is 7.94. The summed E-state index contributed by atoms with van der Waals surface area (Å²) in [6, 6.07) is 8.40. The summed E-state index contributed by atoms with van der Waals surface area (Å²) in [5.74, 6) is 0.522. The molecule has 0 aromatic heterocycles. The van der Waals surface area contributed by atoms with E-state index in [0.29, 0.717) is 12.3 Å². The van der Waals surface area contributed by atoms with Crippen LogP contribution in [0.1, 0.15) is 50.7 Å². The predicted molar refractivity (Wildman–Crippen MR) is 82.5 cm³/mol. The number of hydrogen-bond donors (Lipinski definition) is 0. The first-order valence-corrected chi connectivity index (χ1v) is 8.64. The maximum atomic E-state index is 11.9. The maximum Gasteiger partial charge on any atom is 0.169 e. The van der Waals surface area contributed by atoms with Gasteiger partial charge in [-0.25, -0.2) is 8.42 Å². The lowest BCUT2D eigenvalue weighted by molar-refractivity contribution is 0.572. The fourth-order valence-electron chi connectivity index (χ4n) is 1.88. The minimum atomic E-state index is -3.22. The van der Waals surface area contributed by atoms with Gasteiger partial charge < -0.3 is 0 Å². The average molecular weight is 303 g/mol. The Bertz CT molecular complexity index is 498. The molecule has 0 aliphatic rings. The Labute approximate surface area is 122 Å². The molecule has 0 heterocycles. The molecule has 0 aliphatic carbocycles. The summed E-state index contributed by atoms with van der Waals surface area (Å²) in [7, 11) is -3.22. The van der Waals surface area contributed by atoms with Gasteiger partial charge >= 0.3 is 0 Å². The third-order valence-electron chi connectivity index (χ3n) is 3.44. The lowest BCUT2D eigenvalue weighted by Gasteiger charge is -2.18. The first-order chi connectivity index (χ1) is 8.63. The van der Waals surface area contributed by atoms with Gasteiger partial charge in [-0.3, -0.25) is 0 Å². The second kappa shape index (κ2) is 6.27. The van der Waals surface area contributed by atoms with E-state index >= 15 is 0 Å². The number of benzene rings is 1. The number of rotatable bonds is 6. The summed E-state index contributed by atoms with van der Waals surface area (Å²) in [4.78, 5) is 0. The quantitative estimate of drug-likeness (QED) is 0.735. The van der Waals surface area contributed by atoms with Crippen LogP contribution in [0.25, 0.3) is 0 Å². The van der Waals surface area contributed by atoms with Gasteiger partial charge in [0, 0.05) is 0 Å². The third kappa shape index (κ3) is 4.81. The van der Waals surface area contributed by atoms with Crippen molar-refractivity contribution in [2.45, 2.75) is 50.7 Å². The Hall–Kier alpha value is -0.540. The van der Waals surface area contributed by atoms with Crippen molar-refractivity contribution in [3.8, 4) is 0 Å². The highest BCUT2D eigenvalue weighted by atomic mass is 35.5. The van der Waals surface area contributed by atoms with Crippen LogP contribution in [-0.2, 0) is 9.84 Å². The highest BCUT2D eigenvalue weighted by Crippen LogP contribution is 2.25. The van der Waals surface area contributed by atoms with Gasteiger partial charge in [-0.15, -0.1) is 11.6 Å². The molecular formula is C15H23ClO2S. The van der Waals surface area contributed by atoms with E-state index in [9.17, 15) is 8.42 Å². The monoisotopic (exact) mass is 302 g/mol. The number of halogens is 1. The van der Waals surface area contributed by atoms with E-state index in [1.807, 2.05) is 0 Å². The molecule has 2 nitrogen and oxygen atoms in total. The fraction of sp³-hybridized carbons (Fsp3) is 0.600. The summed E-state index contributed by atoms with van der Waals surface area (Å²) in [5, 5.41) is 0. The molecule has 1 rings (SSSR count). The second-order valence-electron chi connectivity index (χ2n) is 5.64. The van der Waals surface area contributed by atoms with Crippen molar-refractivity contribution in [2.75, 3.05) is 5.75 Å². The van der Waals surface area contributed by atoms with Crippen LogP contribution in [-0.4, -0.2) is 18.4 Å². The summed E-state index contributed by atoms with van der Waals surface area (Å²) in [5.41, 5.74) is 2.50. The lowest BCUT2D eigenvalue weighted by Crippen LogP contribution is -2.27. The van der Waals surface area contributed by atoms with Crippen LogP contribution < -0.4 is 0 Å². The van der Waals surface area contributed by atoms with Crippen LogP contribution in [0, 0.1) is 6.92 Å². The van der Waals surface area contributed by atoms with Gasteiger partial charge in [0.2, 0.25) is 0 Å². The van der Waals surface area contributed by atoms with Gasteiger partial charge in [-0.2, -0.15) is 0 Å². The molecule has 0 saturated heterocycles. The molecule has 1 aromatic rings. The predicted octanol–water partition coefficient (Wildman–Crippen LogP) is 4.27. The highest BCUT2D eigenvalue weighted by Gasteiger charge is 2.30. The number of alkyl halides is 1. The van der Waals surface area contributed by atoms with Crippen LogP contribution in [0.15, 0.2) is 24.3 Å². The van der Waals surface area contributed by atoms with E-state index in [2.05, 4.69) is 38.1 Å². The van der Waals surface area contributed by atoms with Crippen molar-refractivity contribution >= 4 is 21.4 Å². The molecule has 0 aliphatic heterocycles. The molecule has 0 radical (unpaired) electrons. The number of aryl methyl sites for hydroxylation is 1. The Kier molecular flexibility index (Phi) is 5.45. The Balaban J connectivity index is 2.52. The Morgan fingerprint density at radius 2 is 1.74 bits per heavy atom. The molecule has 0 bridgehead atoms. The zero-order valence-electron chi connectivity index (χ0n) is 12.1. The summed E-state index contributed by atoms with van der Waals surface area (Å²) < 4.78 is 22.6. The van der Waals surface area contributed by atoms with Gasteiger partial charge in [-0.05, 0) is 45.1 Å². The third-order valence-corrected chi connectivity index (χ3v) is 6.45. The molecule has 0 N–H and O–H groups in total. The fourth-order valence-corrected chi connectivity index (χ4v) is 3.15. The van der Waals surface area contributed by atoms with Gasteiger partial charge in [0.1, 0.15) is 4.21 Å². The summed E-state index contributed by atoms with van der Waals surface area (Å²) in [6.45, 7) is 7.26. The molecule has 1 aromatic carbocycles. The smallest absolute Gasteiger partial charge is 0.169 e.